The summed E-state index contributed by atoms with van der Waals surface area (Å²) in [6.07, 6.45) is -0.465. The van der Waals surface area contributed by atoms with Crippen LogP contribution in [0.15, 0.2) is 53.4 Å². The molecule has 10 heteroatoms. The van der Waals surface area contributed by atoms with E-state index in [0.717, 1.165) is 16.4 Å². The molecule has 0 aliphatic rings. The average Bonchev–Trinajstić information content (AvgIpc) is 2.63. The van der Waals surface area contributed by atoms with Gasteiger partial charge in [0, 0.05) is 12.6 Å². The molecule has 0 heterocycles. The van der Waals surface area contributed by atoms with Crippen LogP contribution in [0.3, 0.4) is 0 Å². The quantitative estimate of drug-likeness (QED) is 0.511. The van der Waals surface area contributed by atoms with Crippen molar-refractivity contribution in [2.45, 2.75) is 18.2 Å². The smallest absolute Gasteiger partial charge is 0.305 e. The molecule has 2 rings (SSSR count). The SMILES string of the molecule is CCOc1ccc(N(CCC(=O)O)S(=O)(=O)c2ccccc2[N+](=O)[O-])cc1. The van der Waals surface area contributed by atoms with Crippen molar-refractivity contribution >= 4 is 27.4 Å². The molecule has 0 fully saturated rings. The normalized spacial score (nSPS) is 11.0. The highest BCUT2D eigenvalue weighted by molar-refractivity contribution is 7.93. The van der Waals surface area contributed by atoms with Crippen LogP contribution in [-0.2, 0) is 14.8 Å². The summed E-state index contributed by atoms with van der Waals surface area (Å²) in [5.74, 6) is -0.675. The average molecular weight is 394 g/mol. The van der Waals surface area contributed by atoms with Gasteiger partial charge in [-0.25, -0.2) is 8.42 Å². The molecular formula is C17H18N2O7S. The molecule has 0 unspecified atom stereocenters. The van der Waals surface area contributed by atoms with Crippen LogP contribution in [-0.4, -0.2) is 37.6 Å². The molecule has 0 bridgehead atoms. The summed E-state index contributed by atoms with van der Waals surface area (Å²) in [6.45, 7) is 1.85. The molecular weight excluding hydrogens is 376 g/mol. The van der Waals surface area contributed by atoms with E-state index in [-0.39, 0.29) is 12.2 Å². The van der Waals surface area contributed by atoms with E-state index in [0.29, 0.717) is 12.4 Å². The van der Waals surface area contributed by atoms with E-state index in [1.54, 1.807) is 19.1 Å². The number of nitrogens with zero attached hydrogens (tertiary/aromatic N) is 2. The minimum absolute atomic E-state index is 0.179. The summed E-state index contributed by atoms with van der Waals surface area (Å²) in [7, 11) is -4.36. The Kier molecular flexibility index (Phi) is 6.35. The van der Waals surface area contributed by atoms with Gasteiger partial charge in [0.2, 0.25) is 0 Å². The van der Waals surface area contributed by atoms with Crippen LogP contribution in [0.5, 0.6) is 5.75 Å². The van der Waals surface area contributed by atoms with Crippen molar-refractivity contribution < 1.29 is 28.0 Å². The fourth-order valence-corrected chi connectivity index (χ4v) is 4.03. The van der Waals surface area contributed by atoms with Crippen LogP contribution in [0.25, 0.3) is 0 Å². The van der Waals surface area contributed by atoms with Gasteiger partial charge < -0.3 is 9.84 Å². The Balaban J connectivity index is 2.52. The van der Waals surface area contributed by atoms with Crippen LogP contribution in [0.1, 0.15) is 13.3 Å². The molecule has 2 aromatic carbocycles. The van der Waals surface area contributed by atoms with E-state index in [2.05, 4.69) is 0 Å². The second kappa shape index (κ2) is 8.49. The third kappa shape index (κ3) is 4.73. The lowest BCUT2D eigenvalue weighted by atomic mass is 10.3. The number of carbonyl (C=O) groups is 1. The fraction of sp³-hybridized carbons (Fsp3) is 0.235. The van der Waals surface area contributed by atoms with Gasteiger partial charge in [-0.15, -0.1) is 0 Å². The van der Waals surface area contributed by atoms with Crippen molar-refractivity contribution in [3.05, 3.63) is 58.6 Å². The number of carboxylic acid groups (broad SMARTS) is 1. The van der Waals surface area contributed by atoms with E-state index < -0.39 is 37.9 Å². The summed E-state index contributed by atoms with van der Waals surface area (Å²) in [5.41, 5.74) is -0.401. The molecule has 27 heavy (non-hydrogen) atoms. The Morgan fingerprint density at radius 1 is 1.19 bits per heavy atom. The molecule has 0 aromatic heterocycles. The number of hydrogen-bond acceptors (Lipinski definition) is 6. The van der Waals surface area contributed by atoms with Gasteiger partial charge in [-0.3, -0.25) is 19.2 Å². The molecule has 0 aliphatic carbocycles. The van der Waals surface area contributed by atoms with Gasteiger partial charge in [0.25, 0.3) is 15.7 Å². The van der Waals surface area contributed by atoms with Crippen molar-refractivity contribution in [3.63, 3.8) is 0 Å². The molecule has 0 radical (unpaired) electrons. The standard InChI is InChI=1S/C17H18N2O7S/c1-2-26-14-9-7-13(8-10-14)18(12-11-17(20)21)27(24,25)16-6-4-3-5-15(16)19(22)23/h3-10H,2,11-12H2,1H3,(H,20,21). The van der Waals surface area contributed by atoms with Crippen molar-refractivity contribution in [2.24, 2.45) is 0 Å². The Morgan fingerprint density at radius 3 is 2.37 bits per heavy atom. The molecule has 9 nitrogen and oxygen atoms in total. The summed E-state index contributed by atoms with van der Waals surface area (Å²) in [4.78, 5) is 20.9. The maximum Gasteiger partial charge on any atom is 0.305 e. The van der Waals surface area contributed by atoms with Gasteiger partial charge in [0.15, 0.2) is 4.90 Å². The van der Waals surface area contributed by atoms with E-state index in [4.69, 9.17) is 9.84 Å². The number of rotatable bonds is 9. The molecule has 0 aliphatic heterocycles. The summed E-state index contributed by atoms with van der Waals surface area (Å²) in [5, 5.41) is 20.2. The molecule has 1 N–H and O–H groups in total. The zero-order valence-electron chi connectivity index (χ0n) is 14.4. The molecule has 0 atom stereocenters. The molecule has 144 valence electrons. The Hall–Kier alpha value is -3.14. The topological polar surface area (TPSA) is 127 Å². The Labute approximate surface area is 156 Å². The first-order chi connectivity index (χ1) is 12.8. The van der Waals surface area contributed by atoms with Crippen molar-refractivity contribution in [3.8, 4) is 5.75 Å². The lowest BCUT2D eigenvalue weighted by Gasteiger charge is -2.24. The van der Waals surface area contributed by atoms with Crippen LogP contribution in [0.2, 0.25) is 0 Å². The number of ether oxygens (including phenoxy) is 1. The number of anilines is 1. The van der Waals surface area contributed by atoms with Gasteiger partial charge in [-0.05, 0) is 37.3 Å². The minimum atomic E-state index is -4.36. The monoisotopic (exact) mass is 394 g/mol. The van der Waals surface area contributed by atoms with Gasteiger partial charge in [-0.1, -0.05) is 12.1 Å². The third-order valence-electron chi connectivity index (χ3n) is 3.59. The van der Waals surface area contributed by atoms with Crippen molar-refractivity contribution in [2.75, 3.05) is 17.5 Å². The van der Waals surface area contributed by atoms with Gasteiger partial charge in [-0.2, -0.15) is 0 Å². The Morgan fingerprint density at radius 2 is 1.81 bits per heavy atom. The van der Waals surface area contributed by atoms with E-state index in [1.165, 1.54) is 24.3 Å². The largest absolute Gasteiger partial charge is 0.494 e. The fourth-order valence-electron chi connectivity index (χ4n) is 2.41. The summed E-state index contributed by atoms with van der Waals surface area (Å²) in [6, 6.07) is 10.9. The Bertz CT molecular complexity index is 927. The predicted octanol–water partition coefficient (Wildman–Crippen LogP) is 2.66. The molecule has 0 amide bonds. The van der Waals surface area contributed by atoms with Crippen molar-refractivity contribution in [1.82, 2.24) is 0 Å². The van der Waals surface area contributed by atoms with E-state index in [9.17, 15) is 23.3 Å². The van der Waals surface area contributed by atoms with Gasteiger partial charge >= 0.3 is 5.97 Å². The first-order valence-corrected chi connectivity index (χ1v) is 9.42. The molecule has 0 spiro atoms. The highest BCUT2D eigenvalue weighted by Gasteiger charge is 2.32. The zero-order valence-corrected chi connectivity index (χ0v) is 15.3. The summed E-state index contributed by atoms with van der Waals surface area (Å²) < 4.78 is 32.3. The number of sulfonamides is 1. The minimum Gasteiger partial charge on any atom is -0.494 e. The van der Waals surface area contributed by atoms with E-state index in [1.807, 2.05) is 0 Å². The molecule has 0 saturated heterocycles. The maximum absolute atomic E-state index is 13.1. The second-order valence-electron chi connectivity index (χ2n) is 5.37. The highest BCUT2D eigenvalue weighted by Crippen LogP contribution is 2.30. The molecule has 2 aromatic rings. The summed E-state index contributed by atoms with van der Waals surface area (Å²) >= 11 is 0. The number of nitro groups is 1. The van der Waals surface area contributed by atoms with Crippen molar-refractivity contribution in [1.29, 1.82) is 0 Å². The van der Waals surface area contributed by atoms with Gasteiger partial charge in [0.1, 0.15) is 5.75 Å². The van der Waals surface area contributed by atoms with Crippen LogP contribution >= 0.6 is 0 Å². The first kappa shape index (κ1) is 20.2. The van der Waals surface area contributed by atoms with Crippen LogP contribution in [0.4, 0.5) is 11.4 Å². The number of aliphatic carboxylic acids is 1. The number of carboxylic acids is 1. The number of nitro benzene ring substituents is 1. The van der Waals surface area contributed by atoms with Crippen LogP contribution < -0.4 is 9.04 Å². The molecule has 0 saturated carbocycles. The lowest BCUT2D eigenvalue weighted by molar-refractivity contribution is -0.387. The number of hydrogen-bond donors (Lipinski definition) is 1. The second-order valence-corrected chi connectivity index (χ2v) is 7.20. The lowest BCUT2D eigenvalue weighted by Crippen LogP contribution is -2.33. The maximum atomic E-state index is 13.1. The van der Waals surface area contributed by atoms with Gasteiger partial charge in [0.05, 0.1) is 23.6 Å². The number of para-hydroxylation sites is 1. The number of benzene rings is 2. The highest BCUT2D eigenvalue weighted by atomic mass is 32.2. The first-order valence-electron chi connectivity index (χ1n) is 7.98. The third-order valence-corrected chi connectivity index (χ3v) is 5.47. The predicted molar refractivity (Wildman–Crippen MR) is 97.5 cm³/mol. The van der Waals surface area contributed by atoms with Crippen LogP contribution in [0, 0.1) is 10.1 Å². The van der Waals surface area contributed by atoms with E-state index >= 15 is 0 Å². The zero-order chi connectivity index (χ0) is 20.0.